The Morgan fingerprint density at radius 2 is 2.25 bits per heavy atom. The maximum absolute atomic E-state index is 12.8. The number of aromatic amines is 1. The van der Waals surface area contributed by atoms with Gasteiger partial charge in [-0.05, 0) is 36.1 Å². The van der Waals surface area contributed by atoms with Gasteiger partial charge in [0.1, 0.15) is 5.70 Å². The fraction of sp³-hybridized carbons (Fsp3) is 0.188. The molecule has 0 spiro atoms. The average Bonchev–Trinajstić information content (AvgIpc) is 3.08. The number of halogens is 1. The topological polar surface area (TPSA) is 72.8 Å². The first kappa shape index (κ1) is 15.5. The number of thioether (sulfide) groups is 1. The number of hydrogen-bond donors (Lipinski definition) is 2. The number of hydrogen-bond acceptors (Lipinski definition) is 5. The molecule has 0 fully saturated rings. The molecule has 0 saturated heterocycles. The van der Waals surface area contributed by atoms with E-state index in [1.165, 1.54) is 11.8 Å². The van der Waals surface area contributed by atoms with Gasteiger partial charge in [-0.3, -0.25) is 15.1 Å². The van der Waals surface area contributed by atoms with Crippen LogP contribution in [0.3, 0.4) is 0 Å². The standard InChI is InChI=1S/C16H14BrN5OS/c1-2-24-16-20-15(23)13-10-8-9(17)5-6-11(10)19-14(22(13)21-16)12-4-3-7-18-12/h3-8,14,18H,2H2,1H3,(H,20,21,23)/t14-/m0/s1. The number of nitrogens with zero attached hydrogens (tertiary/aromatic N) is 3. The Hall–Kier alpha value is -2.06. The zero-order chi connectivity index (χ0) is 16.7. The van der Waals surface area contributed by atoms with Crippen molar-refractivity contribution in [3.63, 3.8) is 0 Å². The molecule has 1 aromatic carbocycles. The van der Waals surface area contributed by atoms with Gasteiger partial charge in [0.2, 0.25) is 0 Å². The van der Waals surface area contributed by atoms with Crippen molar-refractivity contribution in [2.75, 3.05) is 5.75 Å². The van der Waals surface area contributed by atoms with Crippen molar-refractivity contribution in [1.82, 2.24) is 15.3 Å². The maximum atomic E-state index is 12.8. The van der Waals surface area contributed by atoms with Gasteiger partial charge in [0.15, 0.2) is 11.3 Å². The minimum atomic E-state index is -0.387. The third kappa shape index (κ3) is 2.55. The van der Waals surface area contributed by atoms with E-state index in [0.29, 0.717) is 10.9 Å². The van der Waals surface area contributed by atoms with Crippen molar-refractivity contribution in [3.8, 4) is 0 Å². The lowest BCUT2D eigenvalue weighted by atomic mass is 10.1. The third-order valence-electron chi connectivity index (χ3n) is 3.75. The largest absolute Gasteiger partial charge is 0.362 e. The molecule has 6 nitrogen and oxygen atoms in total. The zero-order valence-electron chi connectivity index (χ0n) is 12.8. The number of amides is 1. The van der Waals surface area contributed by atoms with Gasteiger partial charge in [-0.2, -0.15) is 0 Å². The molecule has 2 aliphatic rings. The second-order valence-corrected chi connectivity index (χ2v) is 7.44. The van der Waals surface area contributed by atoms with Gasteiger partial charge in [-0.15, -0.1) is 5.10 Å². The summed E-state index contributed by atoms with van der Waals surface area (Å²) < 4.78 is 0.896. The Morgan fingerprint density at radius 3 is 3.00 bits per heavy atom. The van der Waals surface area contributed by atoms with E-state index >= 15 is 0 Å². The van der Waals surface area contributed by atoms with Crippen LogP contribution < -0.4 is 15.9 Å². The summed E-state index contributed by atoms with van der Waals surface area (Å²) in [7, 11) is 0. The molecule has 1 amide bonds. The Bertz CT molecular complexity index is 953. The Morgan fingerprint density at radius 1 is 1.38 bits per heavy atom. The number of aromatic nitrogens is 1. The molecule has 122 valence electrons. The molecule has 0 radical (unpaired) electrons. The molecule has 0 unspecified atom stereocenters. The summed E-state index contributed by atoms with van der Waals surface area (Å²) >= 11 is 4.96. The summed E-state index contributed by atoms with van der Waals surface area (Å²) in [5.74, 6) is 0.668. The lowest BCUT2D eigenvalue weighted by Gasteiger charge is -2.33. The molecule has 0 aliphatic carbocycles. The van der Waals surface area contributed by atoms with Crippen molar-refractivity contribution in [2.45, 2.75) is 13.1 Å². The molecule has 4 rings (SSSR count). The Kier molecular flexibility index (Phi) is 3.93. The summed E-state index contributed by atoms with van der Waals surface area (Å²) in [5, 5.41) is 11.3. The number of nitrogens with one attached hydrogen (secondary N) is 2. The van der Waals surface area contributed by atoms with Gasteiger partial charge in [0, 0.05) is 15.9 Å². The number of carbonyl (C=O) groups excluding carboxylic acids is 1. The molecule has 8 heteroatoms. The van der Waals surface area contributed by atoms with Crippen LogP contribution in [0, 0.1) is 0 Å². The van der Waals surface area contributed by atoms with Gasteiger partial charge in [0.05, 0.1) is 11.1 Å². The molecule has 2 aliphatic heterocycles. The quantitative estimate of drug-likeness (QED) is 0.800. The second-order valence-electron chi connectivity index (χ2n) is 5.28. The second kappa shape index (κ2) is 6.10. The van der Waals surface area contributed by atoms with Crippen molar-refractivity contribution >= 4 is 44.5 Å². The molecule has 0 bridgehead atoms. The van der Waals surface area contributed by atoms with Gasteiger partial charge < -0.3 is 4.98 Å². The lowest BCUT2D eigenvalue weighted by molar-refractivity contribution is -0.116. The molecule has 2 aromatic rings. The molecule has 0 saturated carbocycles. The maximum Gasteiger partial charge on any atom is 0.276 e. The van der Waals surface area contributed by atoms with Gasteiger partial charge in [-0.1, -0.05) is 34.6 Å². The first-order valence-electron chi connectivity index (χ1n) is 7.50. The number of hydrazone groups is 1. The number of carbonyl (C=O) groups is 1. The molecule has 2 N–H and O–H groups in total. The summed E-state index contributed by atoms with van der Waals surface area (Å²) in [4.78, 5) is 20.7. The van der Waals surface area contributed by atoms with Crippen LogP contribution in [0.4, 0.5) is 0 Å². The lowest BCUT2D eigenvalue weighted by Crippen LogP contribution is -2.50. The summed E-state index contributed by atoms with van der Waals surface area (Å²) in [5.41, 5.74) is 1.40. The van der Waals surface area contributed by atoms with Crippen LogP contribution in [0.2, 0.25) is 0 Å². The molecule has 24 heavy (non-hydrogen) atoms. The van der Waals surface area contributed by atoms with E-state index < -0.39 is 0 Å². The van der Waals surface area contributed by atoms with Crippen LogP contribution in [0.25, 0.3) is 5.70 Å². The average molecular weight is 404 g/mol. The fourth-order valence-electron chi connectivity index (χ4n) is 2.76. The summed E-state index contributed by atoms with van der Waals surface area (Å²) in [6.45, 7) is 2.02. The smallest absolute Gasteiger partial charge is 0.276 e. The minimum absolute atomic E-state index is 0.160. The predicted molar refractivity (Wildman–Crippen MR) is 97.4 cm³/mol. The van der Waals surface area contributed by atoms with Gasteiger partial charge in [0.25, 0.3) is 5.91 Å². The zero-order valence-corrected chi connectivity index (χ0v) is 15.2. The molecule has 1 atom stereocenters. The van der Waals surface area contributed by atoms with Crippen LogP contribution in [0.1, 0.15) is 18.8 Å². The number of rotatable bonds is 2. The van der Waals surface area contributed by atoms with Crippen LogP contribution in [0.15, 0.2) is 51.1 Å². The van der Waals surface area contributed by atoms with E-state index in [-0.39, 0.29) is 12.1 Å². The van der Waals surface area contributed by atoms with Crippen LogP contribution in [0.5, 0.6) is 0 Å². The highest BCUT2D eigenvalue weighted by molar-refractivity contribution is 9.10. The number of fused-ring (bicyclic) bond motifs is 2. The van der Waals surface area contributed by atoms with Crippen molar-refractivity contribution in [2.24, 2.45) is 10.1 Å². The third-order valence-corrected chi connectivity index (χ3v) is 4.99. The Labute approximate surface area is 150 Å². The fourth-order valence-corrected chi connectivity index (χ4v) is 3.71. The summed E-state index contributed by atoms with van der Waals surface area (Å²) in [6.07, 6.45) is 1.46. The SMILES string of the molecule is CCSC1=NN2C(=c3cc(Br)ccc3=N[C@@H]2c2ccc[nH]2)C(=O)N1. The first-order chi connectivity index (χ1) is 11.7. The number of amidine groups is 1. The van der Waals surface area contributed by atoms with Gasteiger partial charge >= 0.3 is 0 Å². The minimum Gasteiger partial charge on any atom is -0.362 e. The van der Waals surface area contributed by atoms with E-state index in [2.05, 4.69) is 31.3 Å². The van der Waals surface area contributed by atoms with Crippen molar-refractivity contribution in [3.05, 3.63) is 57.3 Å². The first-order valence-corrected chi connectivity index (χ1v) is 9.28. The number of H-pyrrole nitrogens is 1. The van der Waals surface area contributed by atoms with E-state index in [1.54, 1.807) is 5.01 Å². The van der Waals surface area contributed by atoms with Crippen molar-refractivity contribution in [1.29, 1.82) is 0 Å². The van der Waals surface area contributed by atoms with Crippen LogP contribution in [-0.4, -0.2) is 26.8 Å². The van der Waals surface area contributed by atoms with Crippen LogP contribution in [-0.2, 0) is 4.79 Å². The predicted octanol–water partition coefficient (Wildman–Crippen LogP) is 1.67. The van der Waals surface area contributed by atoms with Crippen LogP contribution >= 0.6 is 27.7 Å². The van der Waals surface area contributed by atoms with E-state index in [0.717, 1.165) is 26.5 Å². The van der Waals surface area contributed by atoms with E-state index in [1.807, 2.05) is 43.5 Å². The monoisotopic (exact) mass is 403 g/mol. The normalized spacial score (nSPS) is 19.2. The molecular formula is C16H14BrN5OS. The highest BCUT2D eigenvalue weighted by Crippen LogP contribution is 2.29. The highest BCUT2D eigenvalue weighted by Gasteiger charge is 2.34. The summed E-state index contributed by atoms with van der Waals surface area (Å²) in [6, 6.07) is 9.60. The van der Waals surface area contributed by atoms with Crippen molar-refractivity contribution < 1.29 is 4.79 Å². The van der Waals surface area contributed by atoms with E-state index in [4.69, 9.17) is 4.99 Å². The molecule has 1 aromatic heterocycles. The van der Waals surface area contributed by atoms with E-state index in [9.17, 15) is 4.79 Å². The molecular weight excluding hydrogens is 390 g/mol. The highest BCUT2D eigenvalue weighted by atomic mass is 79.9. The van der Waals surface area contributed by atoms with Gasteiger partial charge in [-0.25, -0.2) is 5.01 Å². The number of benzene rings is 1. The molecule has 3 heterocycles. The Balaban J connectivity index is 1.98.